The molecule has 0 aliphatic rings. The van der Waals surface area contributed by atoms with Crippen molar-refractivity contribution in [2.24, 2.45) is 5.73 Å². The van der Waals surface area contributed by atoms with E-state index in [1.807, 2.05) is 0 Å². The lowest BCUT2D eigenvalue weighted by Crippen LogP contribution is -2.37. The van der Waals surface area contributed by atoms with Gasteiger partial charge in [-0.15, -0.1) is 0 Å². The van der Waals surface area contributed by atoms with Crippen molar-refractivity contribution in [2.45, 2.75) is 12.1 Å². The number of phenols is 4. The van der Waals surface area contributed by atoms with Gasteiger partial charge < -0.3 is 41.7 Å². The van der Waals surface area contributed by atoms with Gasteiger partial charge in [0, 0.05) is 0 Å². The number of carbonyl (C=O) groups excluding carboxylic acids is 1. The normalized spacial score (nSPS) is 13.8. The monoisotopic (exact) mass is 274 g/mol. The van der Waals surface area contributed by atoms with Crippen LogP contribution in [0.25, 0.3) is 0 Å². The number of aromatic hydroxyl groups is 4. The number of nitrogen functional groups attached to an aromatic ring is 1. The molecular weight excluding hydrogens is 260 g/mol. The van der Waals surface area contributed by atoms with Crippen molar-refractivity contribution in [2.75, 3.05) is 12.8 Å². The maximum absolute atomic E-state index is 11.2. The van der Waals surface area contributed by atoms with Crippen LogP contribution < -0.4 is 11.5 Å². The number of anilines is 1. The largest absolute Gasteiger partial charge is 0.505 e. The number of methoxy groups -OCH3 is 1. The first-order valence-corrected chi connectivity index (χ1v) is 5.00. The third-order valence-electron chi connectivity index (χ3n) is 2.58. The van der Waals surface area contributed by atoms with Crippen molar-refractivity contribution < 1.29 is 35.1 Å². The highest BCUT2D eigenvalue weighted by Gasteiger charge is 2.33. The van der Waals surface area contributed by atoms with Crippen molar-refractivity contribution in [3.63, 3.8) is 0 Å². The molecule has 0 radical (unpaired) electrons. The zero-order valence-corrected chi connectivity index (χ0v) is 9.86. The molecule has 1 aromatic carbocycles. The van der Waals surface area contributed by atoms with Gasteiger partial charge in [0.05, 0.1) is 12.7 Å². The standard InChI is InChI=1S/C10H14N2O7/c1-19-10(18)4(12)6(14)2-5(13)3(11)8(16)9(17)7(2)15/h4,6,13-17H,11-12H2,1H3. The Bertz CT molecular complexity index is 488. The second kappa shape index (κ2) is 5.08. The Balaban J connectivity index is 3.39. The fourth-order valence-corrected chi connectivity index (χ4v) is 1.46. The minimum atomic E-state index is -1.90. The Morgan fingerprint density at radius 2 is 1.63 bits per heavy atom. The fourth-order valence-electron chi connectivity index (χ4n) is 1.46. The molecule has 2 unspecified atom stereocenters. The second-order valence-electron chi connectivity index (χ2n) is 3.72. The summed E-state index contributed by atoms with van der Waals surface area (Å²) in [5, 5.41) is 47.6. The number of hydrogen-bond donors (Lipinski definition) is 7. The number of hydrogen-bond acceptors (Lipinski definition) is 9. The molecule has 0 amide bonds. The SMILES string of the molecule is COC(=O)C(N)C(O)c1c(O)c(N)c(O)c(O)c1O. The predicted octanol–water partition coefficient (Wildman–Crippen LogP) is -1.38. The Morgan fingerprint density at radius 3 is 2.11 bits per heavy atom. The van der Waals surface area contributed by atoms with Crippen molar-refractivity contribution in [3.05, 3.63) is 5.56 Å². The van der Waals surface area contributed by atoms with E-state index >= 15 is 0 Å². The summed E-state index contributed by atoms with van der Waals surface area (Å²) in [6.07, 6.45) is -1.90. The van der Waals surface area contributed by atoms with E-state index in [1.165, 1.54) is 0 Å². The van der Waals surface area contributed by atoms with Crippen LogP contribution in [0.3, 0.4) is 0 Å². The van der Waals surface area contributed by atoms with Crippen molar-refractivity contribution in [1.29, 1.82) is 0 Å². The quantitative estimate of drug-likeness (QED) is 0.151. The van der Waals surface area contributed by atoms with Gasteiger partial charge in [-0.25, -0.2) is 0 Å². The summed E-state index contributed by atoms with van der Waals surface area (Å²) in [7, 11) is 1.03. The van der Waals surface area contributed by atoms with E-state index in [2.05, 4.69) is 4.74 Å². The summed E-state index contributed by atoms with van der Waals surface area (Å²) >= 11 is 0. The van der Waals surface area contributed by atoms with Gasteiger partial charge >= 0.3 is 5.97 Å². The molecule has 1 aromatic rings. The molecule has 0 saturated heterocycles. The molecule has 0 saturated carbocycles. The van der Waals surface area contributed by atoms with E-state index in [9.17, 15) is 30.3 Å². The minimum Gasteiger partial charge on any atom is -0.505 e. The Labute approximate surface area is 107 Å². The Kier molecular flexibility index (Phi) is 3.92. The molecule has 0 aliphatic carbocycles. The second-order valence-corrected chi connectivity index (χ2v) is 3.72. The van der Waals surface area contributed by atoms with Gasteiger partial charge in [0.15, 0.2) is 17.2 Å². The van der Waals surface area contributed by atoms with Gasteiger partial charge in [0.2, 0.25) is 5.75 Å². The highest BCUT2D eigenvalue weighted by Crippen LogP contribution is 2.50. The molecule has 19 heavy (non-hydrogen) atoms. The average molecular weight is 274 g/mol. The Morgan fingerprint density at radius 1 is 1.11 bits per heavy atom. The van der Waals surface area contributed by atoms with Crippen LogP contribution in [0.5, 0.6) is 23.0 Å². The van der Waals surface area contributed by atoms with Gasteiger partial charge in [-0.05, 0) is 0 Å². The molecule has 9 nitrogen and oxygen atoms in total. The van der Waals surface area contributed by atoms with Crippen LogP contribution in [0.15, 0.2) is 0 Å². The van der Waals surface area contributed by atoms with Gasteiger partial charge in [-0.3, -0.25) is 4.79 Å². The summed E-state index contributed by atoms with van der Waals surface area (Å²) in [6, 6.07) is -1.63. The predicted molar refractivity (Wildman–Crippen MR) is 62.5 cm³/mol. The smallest absolute Gasteiger partial charge is 0.325 e. The number of aliphatic hydroxyl groups excluding tert-OH is 1. The number of benzene rings is 1. The van der Waals surface area contributed by atoms with E-state index in [-0.39, 0.29) is 0 Å². The van der Waals surface area contributed by atoms with Crippen LogP contribution in [0.4, 0.5) is 5.69 Å². The maximum Gasteiger partial charge on any atom is 0.325 e. The molecule has 0 aliphatic heterocycles. The molecule has 9 N–H and O–H groups in total. The number of carbonyl (C=O) groups is 1. The number of esters is 1. The number of nitrogens with two attached hydrogens (primary N) is 2. The summed E-state index contributed by atoms with van der Waals surface area (Å²) in [5.74, 6) is -4.98. The van der Waals surface area contributed by atoms with Crippen LogP contribution in [-0.4, -0.2) is 44.7 Å². The highest BCUT2D eigenvalue weighted by molar-refractivity contribution is 5.80. The van der Waals surface area contributed by atoms with E-state index in [0.717, 1.165) is 7.11 Å². The Hall–Kier alpha value is -2.39. The summed E-state index contributed by atoms with van der Waals surface area (Å²) in [5.41, 5.74) is 9.24. The molecule has 106 valence electrons. The zero-order chi connectivity index (χ0) is 14.9. The number of rotatable bonds is 3. The first-order chi connectivity index (χ1) is 8.73. The van der Waals surface area contributed by atoms with Gasteiger partial charge in [-0.2, -0.15) is 0 Å². The minimum absolute atomic E-state index is 0.679. The van der Waals surface area contributed by atoms with E-state index < -0.39 is 52.4 Å². The van der Waals surface area contributed by atoms with Crippen LogP contribution in [0.2, 0.25) is 0 Å². The molecule has 0 fully saturated rings. The molecule has 0 spiro atoms. The van der Waals surface area contributed by atoms with E-state index in [1.54, 1.807) is 0 Å². The lowest BCUT2D eigenvalue weighted by molar-refractivity contribution is -0.145. The summed E-state index contributed by atoms with van der Waals surface area (Å²) in [4.78, 5) is 11.2. The first kappa shape index (κ1) is 14.7. The lowest BCUT2D eigenvalue weighted by Gasteiger charge is -2.20. The van der Waals surface area contributed by atoms with Gasteiger partial charge in [-0.1, -0.05) is 0 Å². The zero-order valence-electron chi connectivity index (χ0n) is 9.86. The van der Waals surface area contributed by atoms with Crippen LogP contribution in [0, 0.1) is 0 Å². The molecule has 0 aromatic heterocycles. The molecular formula is C10H14N2O7. The van der Waals surface area contributed by atoms with Crippen LogP contribution in [0.1, 0.15) is 11.7 Å². The van der Waals surface area contributed by atoms with Crippen molar-refractivity contribution in [3.8, 4) is 23.0 Å². The molecule has 9 heteroatoms. The summed E-state index contributed by atoms with van der Waals surface area (Å²) < 4.78 is 4.29. The first-order valence-electron chi connectivity index (χ1n) is 5.00. The topological polar surface area (TPSA) is 179 Å². The third kappa shape index (κ3) is 2.28. The highest BCUT2D eigenvalue weighted by atomic mass is 16.5. The molecule has 1 rings (SSSR count). The molecule has 0 heterocycles. The van der Waals surface area contributed by atoms with Gasteiger partial charge in [0.1, 0.15) is 17.8 Å². The average Bonchev–Trinajstić information content (AvgIpc) is 2.41. The fraction of sp³-hybridized carbons (Fsp3) is 0.300. The van der Waals surface area contributed by atoms with E-state index in [4.69, 9.17) is 11.5 Å². The van der Waals surface area contributed by atoms with Gasteiger partial charge in [0.25, 0.3) is 0 Å². The number of aliphatic hydroxyl groups is 1. The van der Waals surface area contributed by atoms with Crippen LogP contribution >= 0.6 is 0 Å². The maximum atomic E-state index is 11.2. The lowest BCUT2D eigenvalue weighted by atomic mass is 9.99. The van der Waals surface area contributed by atoms with Crippen LogP contribution in [-0.2, 0) is 9.53 Å². The summed E-state index contributed by atoms with van der Waals surface area (Å²) in [6.45, 7) is 0. The third-order valence-corrected chi connectivity index (χ3v) is 2.58. The van der Waals surface area contributed by atoms with Crippen molar-refractivity contribution in [1.82, 2.24) is 0 Å². The number of phenolic OH excluding ortho intramolecular Hbond substituents is 4. The van der Waals surface area contributed by atoms with Crippen molar-refractivity contribution >= 4 is 11.7 Å². The number of ether oxygens (including phenoxy) is 1. The molecule has 2 atom stereocenters. The van der Waals surface area contributed by atoms with E-state index in [0.29, 0.717) is 0 Å². The molecule has 0 bridgehead atoms.